The number of aromatic nitrogens is 2. The molecule has 0 saturated carbocycles. The van der Waals surface area contributed by atoms with Crippen LogP contribution in [-0.4, -0.2) is 34.2 Å². The Hall–Kier alpha value is -2.95. The lowest BCUT2D eigenvalue weighted by Gasteiger charge is -2.17. The van der Waals surface area contributed by atoms with Gasteiger partial charge in [-0.15, -0.1) is 22.7 Å². The number of fused-ring (bicyclic) bond motifs is 3. The number of aromatic amines is 1. The molecule has 0 radical (unpaired) electrons. The summed E-state index contributed by atoms with van der Waals surface area (Å²) in [6, 6.07) is 7.85. The highest BCUT2D eigenvalue weighted by molar-refractivity contribution is 7.99. The summed E-state index contributed by atoms with van der Waals surface area (Å²) in [5.74, 6) is -0.124. The number of nitrogens with zero attached hydrogens (tertiary/aromatic N) is 1. The number of rotatable bonds is 7. The van der Waals surface area contributed by atoms with Gasteiger partial charge < -0.3 is 15.0 Å². The number of hydrogen-bond donors (Lipinski definition) is 2. The quantitative estimate of drug-likeness (QED) is 0.164. The van der Waals surface area contributed by atoms with Gasteiger partial charge in [0.25, 0.3) is 5.56 Å². The van der Waals surface area contributed by atoms with E-state index in [1.54, 1.807) is 18.3 Å². The molecular weight excluding hydrogens is 527 g/mol. The molecule has 1 unspecified atom stereocenters. The largest absolute Gasteiger partial charge is 0.462 e. The Kier molecular flexibility index (Phi) is 7.50. The van der Waals surface area contributed by atoms with Crippen LogP contribution in [-0.2, 0) is 22.4 Å². The van der Waals surface area contributed by atoms with Crippen LogP contribution in [0, 0.1) is 12.8 Å². The van der Waals surface area contributed by atoms with Gasteiger partial charge in [-0.05, 0) is 50.2 Å². The van der Waals surface area contributed by atoms with E-state index in [9.17, 15) is 14.4 Å². The van der Waals surface area contributed by atoms with E-state index < -0.39 is 5.97 Å². The van der Waals surface area contributed by atoms with Gasteiger partial charge in [-0.2, -0.15) is 0 Å². The number of benzene rings is 1. The van der Waals surface area contributed by atoms with Crippen molar-refractivity contribution in [2.75, 3.05) is 17.7 Å². The smallest absolute Gasteiger partial charge is 0.341 e. The summed E-state index contributed by atoms with van der Waals surface area (Å²) in [4.78, 5) is 48.0. The van der Waals surface area contributed by atoms with Gasteiger partial charge in [0.05, 0.1) is 17.7 Å². The first-order valence-electron chi connectivity index (χ1n) is 12.2. The molecular formula is C27H27N3O4S3. The molecule has 0 bridgehead atoms. The third-order valence-electron chi connectivity index (χ3n) is 6.37. The Morgan fingerprint density at radius 2 is 2.05 bits per heavy atom. The normalized spacial score (nSPS) is 14.9. The Labute approximate surface area is 226 Å². The van der Waals surface area contributed by atoms with Crippen molar-refractivity contribution < 1.29 is 14.3 Å². The van der Waals surface area contributed by atoms with Crippen molar-refractivity contribution in [2.24, 2.45) is 5.92 Å². The van der Waals surface area contributed by atoms with E-state index in [1.165, 1.54) is 28.0 Å². The van der Waals surface area contributed by atoms with Crippen molar-refractivity contribution in [3.05, 3.63) is 61.6 Å². The molecule has 37 heavy (non-hydrogen) atoms. The number of thiophene rings is 2. The number of amides is 1. The van der Waals surface area contributed by atoms with Crippen molar-refractivity contribution in [1.82, 2.24) is 9.97 Å². The molecule has 4 aromatic rings. The first-order valence-corrected chi connectivity index (χ1v) is 14.8. The van der Waals surface area contributed by atoms with Crippen molar-refractivity contribution in [1.29, 1.82) is 0 Å². The van der Waals surface area contributed by atoms with Gasteiger partial charge >= 0.3 is 5.97 Å². The molecule has 0 saturated heterocycles. The summed E-state index contributed by atoms with van der Waals surface area (Å²) in [6.07, 6.45) is 2.97. The number of carbonyl (C=O) groups is 2. The highest BCUT2D eigenvalue weighted by Gasteiger charge is 2.25. The minimum absolute atomic E-state index is 0.0383. The van der Waals surface area contributed by atoms with E-state index in [0.29, 0.717) is 27.0 Å². The van der Waals surface area contributed by atoms with Crippen molar-refractivity contribution in [2.45, 2.75) is 45.2 Å². The summed E-state index contributed by atoms with van der Waals surface area (Å²) >= 11 is 4.04. The van der Waals surface area contributed by atoms with Crippen LogP contribution in [0.5, 0.6) is 0 Å². The van der Waals surface area contributed by atoms with Crippen LogP contribution in [0.4, 0.5) is 5.00 Å². The zero-order chi connectivity index (χ0) is 26.1. The number of nitrogens with one attached hydrogen (secondary N) is 2. The molecule has 1 aliphatic rings. The fourth-order valence-electron chi connectivity index (χ4n) is 4.50. The van der Waals surface area contributed by atoms with Gasteiger partial charge in [0.15, 0.2) is 5.16 Å². The molecule has 1 atom stereocenters. The molecule has 192 valence electrons. The van der Waals surface area contributed by atoms with E-state index >= 15 is 0 Å². The van der Waals surface area contributed by atoms with Gasteiger partial charge in [0.2, 0.25) is 5.91 Å². The maximum absolute atomic E-state index is 12.9. The van der Waals surface area contributed by atoms with Gasteiger partial charge in [-0.3, -0.25) is 9.59 Å². The second-order valence-electron chi connectivity index (χ2n) is 9.18. The lowest BCUT2D eigenvalue weighted by molar-refractivity contribution is -0.113. The summed E-state index contributed by atoms with van der Waals surface area (Å²) in [5.41, 5.74) is 4.05. The average Bonchev–Trinajstić information content (AvgIpc) is 3.44. The number of anilines is 1. The Balaban J connectivity index is 1.33. The molecule has 2 N–H and O–H groups in total. The number of thioether (sulfide) groups is 1. The Morgan fingerprint density at radius 3 is 2.81 bits per heavy atom. The molecule has 0 fully saturated rings. The topological polar surface area (TPSA) is 101 Å². The Bertz CT molecular complexity index is 1540. The maximum Gasteiger partial charge on any atom is 0.341 e. The van der Waals surface area contributed by atoms with E-state index in [2.05, 4.69) is 22.2 Å². The minimum Gasteiger partial charge on any atom is -0.462 e. The fourth-order valence-corrected chi connectivity index (χ4v) is 7.57. The van der Waals surface area contributed by atoms with Crippen molar-refractivity contribution in [3.63, 3.8) is 0 Å². The first-order chi connectivity index (χ1) is 17.8. The van der Waals surface area contributed by atoms with Gasteiger partial charge in [-0.25, -0.2) is 9.78 Å². The fraction of sp³-hybridized carbons (Fsp3) is 0.333. The second kappa shape index (κ2) is 10.8. The van der Waals surface area contributed by atoms with Gasteiger partial charge in [0.1, 0.15) is 15.4 Å². The first kappa shape index (κ1) is 25.7. The Morgan fingerprint density at radius 1 is 1.27 bits per heavy atom. The molecule has 1 aliphatic carbocycles. The second-order valence-corrected chi connectivity index (χ2v) is 12.1. The summed E-state index contributed by atoms with van der Waals surface area (Å²) in [5, 5.41) is 6.26. The number of esters is 1. The molecule has 3 heterocycles. The zero-order valence-corrected chi connectivity index (χ0v) is 23.3. The number of ether oxygens (including phenoxy) is 1. The monoisotopic (exact) mass is 553 g/mol. The SMILES string of the molecule is CCOC(=O)c1c(-c2ccc(C)cc2)csc1NC(=O)CSc1nc2sc3c(c2c(=O)[nH]1)CCC(C)C3. The van der Waals surface area contributed by atoms with E-state index in [0.717, 1.165) is 46.3 Å². The number of H-pyrrole nitrogens is 1. The maximum atomic E-state index is 12.9. The van der Waals surface area contributed by atoms with Crippen molar-refractivity contribution in [3.8, 4) is 11.1 Å². The average molecular weight is 554 g/mol. The van der Waals surface area contributed by atoms with Crippen LogP contribution in [0.2, 0.25) is 0 Å². The van der Waals surface area contributed by atoms with E-state index in [1.807, 2.05) is 36.6 Å². The number of carbonyl (C=O) groups excluding carboxylic acids is 2. The minimum atomic E-state index is -0.477. The highest BCUT2D eigenvalue weighted by Crippen LogP contribution is 2.37. The van der Waals surface area contributed by atoms with Crippen molar-refractivity contribution >= 4 is 61.5 Å². The molecule has 1 amide bonds. The van der Waals surface area contributed by atoms with Crippen LogP contribution in [0.3, 0.4) is 0 Å². The summed E-state index contributed by atoms with van der Waals surface area (Å²) < 4.78 is 5.28. The highest BCUT2D eigenvalue weighted by atomic mass is 32.2. The standard InChI is InChI=1S/C27H27N3O4S3/c1-4-34-26(33)22-18(16-8-5-14(2)6-9-16)12-35-24(22)28-20(31)13-36-27-29-23(32)21-17-10-7-15(3)11-19(17)37-25(21)30-27/h5-6,8-9,12,15H,4,7,10-11,13H2,1-3H3,(H,28,31)(H,29,30,32). The zero-order valence-electron chi connectivity index (χ0n) is 20.8. The van der Waals surface area contributed by atoms with Crippen LogP contribution in [0.15, 0.2) is 39.6 Å². The van der Waals surface area contributed by atoms with Crippen LogP contribution in [0.25, 0.3) is 21.3 Å². The predicted octanol–water partition coefficient (Wildman–Crippen LogP) is 6.05. The summed E-state index contributed by atoms with van der Waals surface area (Å²) in [7, 11) is 0. The molecule has 7 nitrogen and oxygen atoms in total. The van der Waals surface area contributed by atoms with Crippen LogP contribution >= 0.6 is 34.4 Å². The molecule has 1 aromatic carbocycles. The lowest BCUT2D eigenvalue weighted by Crippen LogP contribution is -2.17. The predicted molar refractivity (Wildman–Crippen MR) is 151 cm³/mol. The molecule has 10 heteroatoms. The molecule has 0 aliphatic heterocycles. The van der Waals surface area contributed by atoms with Gasteiger partial charge in [-0.1, -0.05) is 48.5 Å². The van der Waals surface area contributed by atoms with Gasteiger partial charge in [0, 0.05) is 15.8 Å². The molecule has 0 spiro atoms. The number of hydrogen-bond acceptors (Lipinski definition) is 8. The molecule has 5 rings (SSSR count). The summed E-state index contributed by atoms with van der Waals surface area (Å²) in [6.45, 7) is 6.22. The third kappa shape index (κ3) is 5.37. The van der Waals surface area contributed by atoms with Crippen LogP contribution < -0.4 is 10.9 Å². The lowest BCUT2D eigenvalue weighted by atomic mass is 9.89. The van der Waals surface area contributed by atoms with E-state index in [4.69, 9.17) is 4.74 Å². The molecule has 3 aromatic heterocycles. The van der Waals surface area contributed by atoms with E-state index in [-0.39, 0.29) is 23.8 Å². The number of aryl methyl sites for hydroxylation is 2. The van der Waals surface area contributed by atoms with Crippen LogP contribution in [0.1, 0.15) is 46.6 Å². The third-order valence-corrected chi connectivity index (χ3v) is 9.29.